The molecule has 3 aliphatic rings. The lowest BCUT2D eigenvalue weighted by Crippen LogP contribution is -2.36. The van der Waals surface area contributed by atoms with Gasteiger partial charge in [0.05, 0.1) is 17.4 Å². The summed E-state index contributed by atoms with van der Waals surface area (Å²) >= 11 is 0. The number of nitrogens with one attached hydrogen (secondary N) is 1. The molecule has 0 aromatic rings. The Bertz CT molecular complexity index is 526. The maximum atomic E-state index is 12.1. The van der Waals surface area contributed by atoms with Gasteiger partial charge in [0.1, 0.15) is 0 Å². The third-order valence-electron chi connectivity index (χ3n) is 4.41. The predicted molar refractivity (Wildman–Crippen MR) is 72.6 cm³/mol. The van der Waals surface area contributed by atoms with E-state index in [0.717, 1.165) is 12.8 Å². The summed E-state index contributed by atoms with van der Waals surface area (Å²) in [6, 6.07) is 0.361. The molecule has 112 valence electrons. The van der Waals surface area contributed by atoms with E-state index in [4.69, 9.17) is 0 Å². The number of carbonyl (C=O) groups is 2. The van der Waals surface area contributed by atoms with Crippen molar-refractivity contribution in [3.63, 3.8) is 0 Å². The van der Waals surface area contributed by atoms with Gasteiger partial charge in [0, 0.05) is 25.6 Å². The molecule has 2 aliphatic heterocycles. The predicted octanol–water partition coefficient (Wildman–Crippen LogP) is -0.452. The van der Waals surface area contributed by atoms with E-state index in [2.05, 4.69) is 5.32 Å². The molecule has 3 rings (SSSR count). The highest BCUT2D eigenvalue weighted by molar-refractivity contribution is 7.91. The number of rotatable bonds is 4. The van der Waals surface area contributed by atoms with Gasteiger partial charge in [-0.25, -0.2) is 8.42 Å². The molecule has 2 amide bonds. The van der Waals surface area contributed by atoms with Crippen molar-refractivity contribution in [2.75, 3.05) is 24.6 Å². The van der Waals surface area contributed by atoms with Gasteiger partial charge in [-0.2, -0.15) is 0 Å². The van der Waals surface area contributed by atoms with Crippen molar-refractivity contribution in [2.45, 2.75) is 31.7 Å². The van der Waals surface area contributed by atoms with Crippen LogP contribution in [0.4, 0.5) is 0 Å². The second kappa shape index (κ2) is 5.02. The lowest BCUT2D eigenvalue weighted by molar-refractivity contribution is -0.129. The van der Waals surface area contributed by atoms with Crippen LogP contribution in [-0.2, 0) is 19.4 Å². The lowest BCUT2D eigenvalue weighted by Gasteiger charge is -2.16. The maximum absolute atomic E-state index is 12.1. The Morgan fingerprint density at radius 1 is 1.30 bits per heavy atom. The number of hydrogen-bond acceptors (Lipinski definition) is 4. The molecule has 0 unspecified atom stereocenters. The third kappa shape index (κ3) is 2.97. The Morgan fingerprint density at radius 3 is 2.65 bits per heavy atom. The van der Waals surface area contributed by atoms with Crippen molar-refractivity contribution >= 4 is 21.7 Å². The van der Waals surface area contributed by atoms with E-state index in [0.29, 0.717) is 32.0 Å². The van der Waals surface area contributed by atoms with Gasteiger partial charge in [-0.3, -0.25) is 9.59 Å². The second-order valence-corrected chi connectivity index (χ2v) is 8.42. The molecule has 3 fully saturated rings. The number of hydrogen-bond donors (Lipinski definition) is 1. The molecule has 20 heavy (non-hydrogen) atoms. The zero-order valence-corrected chi connectivity index (χ0v) is 12.2. The summed E-state index contributed by atoms with van der Waals surface area (Å²) < 4.78 is 22.7. The van der Waals surface area contributed by atoms with Crippen LogP contribution in [0.2, 0.25) is 0 Å². The Kier molecular flexibility index (Phi) is 3.48. The summed E-state index contributed by atoms with van der Waals surface area (Å²) in [6.07, 6.45) is 3.03. The molecule has 6 nitrogen and oxygen atoms in total. The van der Waals surface area contributed by atoms with Gasteiger partial charge in [-0.15, -0.1) is 0 Å². The Balaban J connectivity index is 1.47. The molecule has 7 heteroatoms. The van der Waals surface area contributed by atoms with Crippen LogP contribution in [0, 0.1) is 11.8 Å². The van der Waals surface area contributed by atoms with Crippen molar-refractivity contribution < 1.29 is 18.0 Å². The monoisotopic (exact) mass is 300 g/mol. The average Bonchev–Trinajstić information content (AvgIpc) is 3.06. The fourth-order valence-electron chi connectivity index (χ4n) is 3.07. The molecule has 1 N–H and O–H groups in total. The second-order valence-electron chi connectivity index (χ2n) is 6.19. The van der Waals surface area contributed by atoms with E-state index in [9.17, 15) is 18.0 Å². The van der Waals surface area contributed by atoms with Crippen molar-refractivity contribution in [3.05, 3.63) is 0 Å². The molecule has 2 atom stereocenters. The smallest absolute Gasteiger partial charge is 0.225 e. The Morgan fingerprint density at radius 2 is 2.05 bits per heavy atom. The Labute approximate surface area is 118 Å². The van der Waals surface area contributed by atoms with Gasteiger partial charge in [0.2, 0.25) is 11.8 Å². The van der Waals surface area contributed by atoms with Crippen molar-refractivity contribution in [3.8, 4) is 0 Å². The molecule has 0 aromatic heterocycles. The molecule has 0 radical (unpaired) electrons. The van der Waals surface area contributed by atoms with E-state index < -0.39 is 9.84 Å². The van der Waals surface area contributed by atoms with Crippen LogP contribution in [0.1, 0.15) is 25.7 Å². The molecular weight excluding hydrogens is 280 g/mol. The lowest BCUT2D eigenvalue weighted by atomic mass is 10.1. The van der Waals surface area contributed by atoms with Gasteiger partial charge < -0.3 is 10.2 Å². The highest BCUT2D eigenvalue weighted by atomic mass is 32.2. The minimum atomic E-state index is -2.90. The summed E-state index contributed by atoms with van der Waals surface area (Å²) in [7, 11) is -2.90. The van der Waals surface area contributed by atoms with Gasteiger partial charge in [0.25, 0.3) is 0 Å². The first-order chi connectivity index (χ1) is 9.44. The quantitative estimate of drug-likeness (QED) is 0.762. The van der Waals surface area contributed by atoms with E-state index in [1.165, 1.54) is 0 Å². The molecule has 2 heterocycles. The minimum Gasteiger partial charge on any atom is -0.355 e. The summed E-state index contributed by atoms with van der Waals surface area (Å²) in [5.74, 6) is 0.138. The zero-order chi connectivity index (χ0) is 14.3. The summed E-state index contributed by atoms with van der Waals surface area (Å²) in [4.78, 5) is 25.7. The highest BCUT2D eigenvalue weighted by Gasteiger charge is 2.41. The van der Waals surface area contributed by atoms with Crippen molar-refractivity contribution in [1.82, 2.24) is 10.2 Å². The molecule has 0 aromatic carbocycles. The molecule has 0 spiro atoms. The van der Waals surface area contributed by atoms with Gasteiger partial charge in [-0.1, -0.05) is 0 Å². The summed E-state index contributed by atoms with van der Waals surface area (Å²) in [5, 5.41) is 2.82. The van der Waals surface area contributed by atoms with Gasteiger partial charge in [0.15, 0.2) is 9.84 Å². The fourth-order valence-corrected chi connectivity index (χ4v) is 4.93. The van der Waals surface area contributed by atoms with Crippen LogP contribution in [0.25, 0.3) is 0 Å². The largest absolute Gasteiger partial charge is 0.355 e. The van der Waals surface area contributed by atoms with Crippen molar-refractivity contribution in [2.24, 2.45) is 11.8 Å². The molecule has 1 saturated carbocycles. The Hall–Kier alpha value is -1.11. The molecule has 1 aliphatic carbocycles. The van der Waals surface area contributed by atoms with E-state index in [1.807, 2.05) is 4.90 Å². The maximum Gasteiger partial charge on any atom is 0.225 e. The first-order valence-electron chi connectivity index (χ1n) is 7.22. The van der Waals surface area contributed by atoms with Crippen LogP contribution in [-0.4, -0.2) is 55.8 Å². The molecular formula is C13H20N2O4S. The topological polar surface area (TPSA) is 83.5 Å². The number of nitrogens with zero attached hydrogens (tertiary/aromatic N) is 1. The van der Waals surface area contributed by atoms with Gasteiger partial charge >= 0.3 is 0 Å². The number of sulfone groups is 1. The van der Waals surface area contributed by atoms with Crippen LogP contribution in [0.5, 0.6) is 0 Å². The van der Waals surface area contributed by atoms with Crippen LogP contribution in [0.15, 0.2) is 0 Å². The number of amides is 2. The standard InChI is InChI=1S/C13H20N2O4S/c16-12-5-10(7-15(12)11-1-2-11)13(17)14-6-9-3-4-20(18,19)8-9/h9-11H,1-8H2,(H,14,17)/t9-,10+/m1/s1. The first kappa shape index (κ1) is 13.9. The summed E-state index contributed by atoms with van der Waals surface area (Å²) in [5.41, 5.74) is 0. The first-order valence-corrected chi connectivity index (χ1v) is 9.04. The zero-order valence-electron chi connectivity index (χ0n) is 11.4. The molecule has 0 bridgehead atoms. The fraction of sp³-hybridized carbons (Fsp3) is 0.846. The van der Waals surface area contributed by atoms with Crippen LogP contribution < -0.4 is 5.32 Å². The number of likely N-dealkylation sites (tertiary alicyclic amines) is 1. The average molecular weight is 300 g/mol. The molecule has 2 saturated heterocycles. The third-order valence-corrected chi connectivity index (χ3v) is 6.25. The number of carbonyl (C=O) groups excluding carboxylic acids is 2. The van der Waals surface area contributed by atoms with E-state index >= 15 is 0 Å². The van der Waals surface area contributed by atoms with E-state index in [-0.39, 0.29) is 35.2 Å². The van der Waals surface area contributed by atoms with Crippen molar-refractivity contribution in [1.29, 1.82) is 0 Å². The minimum absolute atomic E-state index is 0.0283. The van der Waals surface area contributed by atoms with Crippen LogP contribution in [0.3, 0.4) is 0 Å². The SMILES string of the molecule is O=C(NC[C@H]1CCS(=O)(=O)C1)[C@H]1CC(=O)N(C2CC2)C1. The highest BCUT2D eigenvalue weighted by Crippen LogP contribution is 2.32. The van der Waals surface area contributed by atoms with Crippen LogP contribution >= 0.6 is 0 Å². The van der Waals surface area contributed by atoms with E-state index in [1.54, 1.807) is 0 Å². The summed E-state index contributed by atoms with van der Waals surface area (Å²) in [6.45, 7) is 0.935. The van der Waals surface area contributed by atoms with Gasteiger partial charge in [-0.05, 0) is 25.2 Å². The normalized spacial score (nSPS) is 32.6.